The third-order valence-electron chi connectivity index (χ3n) is 4.09. The highest BCUT2D eigenvalue weighted by Gasteiger charge is 2.15. The predicted molar refractivity (Wildman–Crippen MR) is 92.5 cm³/mol. The quantitative estimate of drug-likeness (QED) is 0.866. The van der Waals surface area contributed by atoms with E-state index in [4.69, 9.17) is 11.6 Å². The fraction of sp³-hybridized carbons (Fsp3) is 0.412. The number of aromatic nitrogens is 2. The number of hydrogen-bond acceptors (Lipinski definition) is 4. The van der Waals surface area contributed by atoms with E-state index >= 15 is 0 Å². The van der Waals surface area contributed by atoms with Crippen LogP contribution < -0.4 is 10.6 Å². The van der Waals surface area contributed by atoms with Crippen molar-refractivity contribution in [1.82, 2.24) is 9.97 Å². The Morgan fingerprint density at radius 2 is 1.95 bits per heavy atom. The zero-order valence-corrected chi connectivity index (χ0v) is 13.5. The van der Waals surface area contributed by atoms with Gasteiger partial charge < -0.3 is 10.6 Å². The molecule has 0 spiro atoms. The van der Waals surface area contributed by atoms with E-state index in [1.165, 1.54) is 32.1 Å². The van der Waals surface area contributed by atoms with Gasteiger partial charge in [-0.3, -0.25) is 0 Å². The zero-order chi connectivity index (χ0) is 15.4. The summed E-state index contributed by atoms with van der Waals surface area (Å²) in [5, 5.41) is 7.21. The first-order chi connectivity index (χ1) is 10.8. The topological polar surface area (TPSA) is 49.8 Å². The lowest BCUT2D eigenvalue weighted by molar-refractivity contribution is 0.462. The molecule has 0 aliphatic heterocycles. The van der Waals surface area contributed by atoms with Gasteiger partial charge in [0.2, 0.25) is 0 Å². The number of halogens is 1. The lowest BCUT2D eigenvalue weighted by Gasteiger charge is -2.23. The molecule has 0 atom stereocenters. The van der Waals surface area contributed by atoms with E-state index in [-0.39, 0.29) is 0 Å². The molecule has 1 aliphatic rings. The number of pyridine rings is 2. The van der Waals surface area contributed by atoms with E-state index in [0.29, 0.717) is 11.1 Å². The number of nitrogens with zero attached hydrogens (tertiary/aromatic N) is 2. The second kappa shape index (κ2) is 6.97. The fourth-order valence-electron chi connectivity index (χ4n) is 2.89. The van der Waals surface area contributed by atoms with E-state index in [1.807, 2.05) is 31.3 Å². The van der Waals surface area contributed by atoms with Crippen molar-refractivity contribution >= 4 is 23.2 Å². The summed E-state index contributed by atoms with van der Waals surface area (Å²) in [7, 11) is 1.86. The lowest BCUT2D eigenvalue weighted by atomic mass is 9.95. The molecule has 4 nitrogen and oxygen atoms in total. The molecule has 0 radical (unpaired) electrons. The first kappa shape index (κ1) is 15.1. The minimum absolute atomic E-state index is 0.520. The second-order valence-corrected chi connectivity index (χ2v) is 6.09. The van der Waals surface area contributed by atoms with E-state index in [1.54, 1.807) is 6.20 Å². The summed E-state index contributed by atoms with van der Waals surface area (Å²) in [4.78, 5) is 8.97. The molecular weight excluding hydrogens is 296 g/mol. The van der Waals surface area contributed by atoms with Crippen molar-refractivity contribution < 1.29 is 0 Å². The van der Waals surface area contributed by atoms with Crippen molar-refractivity contribution in [3.63, 3.8) is 0 Å². The molecule has 3 rings (SSSR count). The van der Waals surface area contributed by atoms with Crippen molar-refractivity contribution in [2.24, 2.45) is 0 Å². The normalized spacial score (nSPS) is 15.5. The highest BCUT2D eigenvalue weighted by Crippen LogP contribution is 2.29. The summed E-state index contributed by atoms with van der Waals surface area (Å²) in [6, 6.07) is 8.39. The first-order valence-corrected chi connectivity index (χ1v) is 8.21. The summed E-state index contributed by atoms with van der Waals surface area (Å²) in [5.41, 5.74) is 1.76. The third kappa shape index (κ3) is 3.50. The molecule has 1 saturated carbocycles. The van der Waals surface area contributed by atoms with Crippen molar-refractivity contribution in [3.05, 3.63) is 35.5 Å². The Morgan fingerprint density at radius 1 is 1.14 bits per heavy atom. The van der Waals surface area contributed by atoms with Gasteiger partial charge in [0.05, 0.1) is 10.7 Å². The van der Waals surface area contributed by atoms with Crippen LogP contribution in [0.25, 0.3) is 11.3 Å². The van der Waals surface area contributed by atoms with Gasteiger partial charge in [0.25, 0.3) is 0 Å². The Hall–Kier alpha value is -1.81. The van der Waals surface area contributed by atoms with Crippen LogP contribution >= 0.6 is 11.6 Å². The molecule has 5 heteroatoms. The summed E-state index contributed by atoms with van der Waals surface area (Å²) < 4.78 is 0. The van der Waals surface area contributed by atoms with Crippen LogP contribution in [0, 0.1) is 0 Å². The number of hydrogen-bond donors (Lipinski definition) is 2. The molecule has 0 amide bonds. The van der Waals surface area contributed by atoms with Crippen molar-refractivity contribution in [1.29, 1.82) is 0 Å². The van der Waals surface area contributed by atoms with Crippen LogP contribution in [0.4, 0.5) is 11.6 Å². The maximum atomic E-state index is 6.32. The highest BCUT2D eigenvalue weighted by molar-refractivity contribution is 6.33. The Morgan fingerprint density at radius 3 is 2.73 bits per heavy atom. The summed E-state index contributed by atoms with van der Waals surface area (Å²) >= 11 is 6.32. The first-order valence-electron chi connectivity index (χ1n) is 7.83. The van der Waals surface area contributed by atoms with Gasteiger partial charge in [-0.2, -0.15) is 0 Å². The second-order valence-electron chi connectivity index (χ2n) is 5.69. The predicted octanol–water partition coefficient (Wildman–Crippen LogP) is 4.58. The molecule has 0 bridgehead atoms. The van der Waals surface area contributed by atoms with Crippen LogP contribution in [0.5, 0.6) is 0 Å². The molecule has 2 N–H and O–H groups in total. The molecule has 1 aliphatic carbocycles. The van der Waals surface area contributed by atoms with Crippen LogP contribution in [-0.4, -0.2) is 23.1 Å². The average Bonchev–Trinajstić information content (AvgIpc) is 2.57. The maximum absolute atomic E-state index is 6.32. The Bertz CT molecular complexity index is 638. The van der Waals surface area contributed by atoms with E-state index in [9.17, 15) is 0 Å². The van der Waals surface area contributed by atoms with Gasteiger partial charge in [-0.15, -0.1) is 0 Å². The summed E-state index contributed by atoms with van der Waals surface area (Å²) in [5.74, 6) is 1.70. The Labute approximate surface area is 136 Å². The number of nitrogens with one attached hydrogen (secondary N) is 2. The molecule has 2 aromatic heterocycles. The van der Waals surface area contributed by atoms with E-state index in [2.05, 4.69) is 20.6 Å². The van der Waals surface area contributed by atoms with Gasteiger partial charge in [-0.05, 0) is 31.0 Å². The Kier molecular flexibility index (Phi) is 4.78. The van der Waals surface area contributed by atoms with Crippen molar-refractivity contribution in [3.8, 4) is 11.3 Å². The van der Waals surface area contributed by atoms with Gasteiger partial charge in [0.1, 0.15) is 11.6 Å². The van der Waals surface area contributed by atoms with E-state index < -0.39 is 0 Å². The van der Waals surface area contributed by atoms with Gasteiger partial charge in [-0.1, -0.05) is 36.9 Å². The largest absolute Gasteiger partial charge is 0.373 e. The Balaban J connectivity index is 1.85. The molecule has 0 unspecified atom stereocenters. The minimum Gasteiger partial charge on any atom is -0.373 e. The van der Waals surface area contributed by atoms with E-state index in [0.717, 1.165) is 22.9 Å². The van der Waals surface area contributed by atoms with Crippen LogP contribution in [0.1, 0.15) is 32.1 Å². The molecule has 0 saturated heterocycles. The van der Waals surface area contributed by atoms with Gasteiger partial charge in [-0.25, -0.2) is 9.97 Å². The average molecular weight is 317 g/mol. The molecule has 22 heavy (non-hydrogen) atoms. The highest BCUT2D eigenvalue weighted by atomic mass is 35.5. The minimum atomic E-state index is 0.520. The van der Waals surface area contributed by atoms with Crippen molar-refractivity contribution in [2.45, 2.75) is 38.1 Å². The third-order valence-corrected chi connectivity index (χ3v) is 4.39. The molecule has 2 heterocycles. The number of anilines is 2. The number of rotatable bonds is 4. The van der Waals surface area contributed by atoms with Crippen LogP contribution in [0.3, 0.4) is 0 Å². The lowest BCUT2D eigenvalue weighted by Crippen LogP contribution is -2.22. The van der Waals surface area contributed by atoms with Gasteiger partial charge >= 0.3 is 0 Å². The van der Waals surface area contributed by atoms with Crippen LogP contribution in [-0.2, 0) is 0 Å². The maximum Gasteiger partial charge on any atom is 0.126 e. The monoisotopic (exact) mass is 316 g/mol. The van der Waals surface area contributed by atoms with Crippen LogP contribution in [0.2, 0.25) is 5.02 Å². The van der Waals surface area contributed by atoms with Crippen LogP contribution in [0.15, 0.2) is 30.5 Å². The smallest absolute Gasteiger partial charge is 0.126 e. The van der Waals surface area contributed by atoms with Gasteiger partial charge in [0, 0.05) is 24.8 Å². The summed E-state index contributed by atoms with van der Waals surface area (Å²) in [6.45, 7) is 0. The molecule has 116 valence electrons. The zero-order valence-electron chi connectivity index (χ0n) is 12.8. The SMILES string of the molecule is CNc1cccc(-c2cc(NC3CCCCC3)ncc2Cl)n1. The van der Waals surface area contributed by atoms with Gasteiger partial charge in [0.15, 0.2) is 0 Å². The molecule has 2 aromatic rings. The fourth-order valence-corrected chi connectivity index (χ4v) is 3.09. The summed E-state index contributed by atoms with van der Waals surface area (Å²) in [6.07, 6.45) is 8.07. The molecular formula is C17H21ClN4. The molecule has 1 fully saturated rings. The standard InChI is InChI=1S/C17H21ClN4/c1-19-16-9-5-8-15(22-16)13-10-17(20-11-14(13)18)21-12-6-3-2-4-7-12/h5,8-12H,2-4,6-7H2,1H3,(H,19,22)(H,20,21). The van der Waals surface area contributed by atoms with Crippen molar-refractivity contribution in [2.75, 3.05) is 17.7 Å². The molecule has 0 aromatic carbocycles.